The first kappa shape index (κ1) is 19.2. The first-order chi connectivity index (χ1) is 14.1. The van der Waals surface area contributed by atoms with Crippen molar-refractivity contribution in [2.24, 2.45) is 5.92 Å². The third-order valence-electron chi connectivity index (χ3n) is 5.60. The van der Waals surface area contributed by atoms with E-state index in [0.29, 0.717) is 29.2 Å². The molecule has 0 aliphatic heterocycles. The zero-order chi connectivity index (χ0) is 20.2. The normalized spacial score (nSPS) is 15.8. The Morgan fingerprint density at radius 2 is 1.97 bits per heavy atom. The van der Waals surface area contributed by atoms with E-state index in [-0.39, 0.29) is 5.91 Å². The van der Waals surface area contributed by atoms with E-state index in [1.165, 1.54) is 32.1 Å². The minimum absolute atomic E-state index is 0.248. The monoisotopic (exact) mass is 393 g/mol. The molecule has 3 N–H and O–H groups in total. The van der Waals surface area contributed by atoms with Crippen molar-refractivity contribution in [2.75, 3.05) is 12.4 Å². The van der Waals surface area contributed by atoms with E-state index in [2.05, 4.69) is 32.5 Å². The van der Waals surface area contributed by atoms with E-state index in [0.717, 1.165) is 17.0 Å². The average molecular weight is 393 g/mol. The molecule has 4 rings (SSSR count). The van der Waals surface area contributed by atoms with Gasteiger partial charge in [-0.1, -0.05) is 19.3 Å². The van der Waals surface area contributed by atoms with Crippen LogP contribution in [0.25, 0.3) is 11.0 Å². The number of nitrogens with one attached hydrogen (secondary N) is 3. The minimum Gasteiger partial charge on any atom is -0.457 e. The maximum Gasteiger partial charge on any atom is 0.269 e. The number of carbonyl (C=O) groups is 1. The first-order valence-corrected chi connectivity index (χ1v) is 10.2. The number of rotatable bonds is 6. The lowest BCUT2D eigenvalue weighted by atomic mass is 9.85. The van der Waals surface area contributed by atoms with Gasteiger partial charge in [-0.3, -0.25) is 9.78 Å². The number of amides is 1. The summed E-state index contributed by atoms with van der Waals surface area (Å²) in [7, 11) is 1.57. The lowest BCUT2D eigenvalue weighted by Gasteiger charge is -2.28. The Morgan fingerprint density at radius 3 is 2.76 bits per heavy atom. The van der Waals surface area contributed by atoms with E-state index in [4.69, 9.17) is 4.74 Å². The number of H-pyrrole nitrogens is 1. The van der Waals surface area contributed by atoms with Crippen LogP contribution in [0.15, 0.2) is 36.5 Å². The van der Waals surface area contributed by atoms with Crippen LogP contribution in [0.5, 0.6) is 11.5 Å². The molecule has 2 aromatic heterocycles. The molecule has 0 bridgehead atoms. The third-order valence-corrected chi connectivity index (χ3v) is 5.60. The van der Waals surface area contributed by atoms with E-state index >= 15 is 0 Å². The molecule has 3 aromatic rings. The van der Waals surface area contributed by atoms with Crippen molar-refractivity contribution >= 4 is 22.9 Å². The summed E-state index contributed by atoms with van der Waals surface area (Å²) in [6.07, 6.45) is 8.15. The molecule has 7 nitrogen and oxygen atoms in total. The minimum atomic E-state index is -0.248. The number of anilines is 1. The Balaban J connectivity index is 1.47. The van der Waals surface area contributed by atoms with Gasteiger partial charge in [0.05, 0.1) is 11.0 Å². The van der Waals surface area contributed by atoms with Crippen molar-refractivity contribution in [1.29, 1.82) is 0 Å². The van der Waals surface area contributed by atoms with Gasteiger partial charge in [0, 0.05) is 31.4 Å². The highest BCUT2D eigenvalue weighted by atomic mass is 16.5. The summed E-state index contributed by atoms with van der Waals surface area (Å²) >= 11 is 0. The molecule has 152 valence electrons. The van der Waals surface area contributed by atoms with Crippen LogP contribution in [0.4, 0.5) is 5.95 Å². The summed E-state index contributed by atoms with van der Waals surface area (Å²) in [4.78, 5) is 23.8. The SMILES string of the molecule is CNC(=O)c1cc(Oc2ccc3nc(N[C@H](C)C4CCCCC4)[nH]c3c2)ccn1. The Bertz CT molecular complexity index is 994. The third kappa shape index (κ3) is 4.50. The number of ether oxygens (including phenoxy) is 1. The lowest BCUT2D eigenvalue weighted by Crippen LogP contribution is -2.28. The van der Waals surface area contributed by atoms with Crippen molar-refractivity contribution in [2.45, 2.75) is 45.1 Å². The highest BCUT2D eigenvalue weighted by molar-refractivity contribution is 5.92. The Morgan fingerprint density at radius 1 is 1.17 bits per heavy atom. The second-order valence-electron chi connectivity index (χ2n) is 7.65. The van der Waals surface area contributed by atoms with Gasteiger partial charge in [-0.15, -0.1) is 0 Å². The molecular formula is C22H27N5O2. The smallest absolute Gasteiger partial charge is 0.269 e. The van der Waals surface area contributed by atoms with Gasteiger partial charge in [0.25, 0.3) is 5.91 Å². The molecule has 0 unspecified atom stereocenters. The van der Waals surface area contributed by atoms with Crippen molar-refractivity contribution in [3.63, 3.8) is 0 Å². The molecule has 29 heavy (non-hydrogen) atoms. The first-order valence-electron chi connectivity index (χ1n) is 10.2. The Labute approximate surface area is 170 Å². The Kier molecular flexibility index (Phi) is 5.64. The highest BCUT2D eigenvalue weighted by Gasteiger charge is 2.20. The second kappa shape index (κ2) is 8.51. The second-order valence-corrected chi connectivity index (χ2v) is 7.65. The van der Waals surface area contributed by atoms with Crippen LogP contribution in [0.2, 0.25) is 0 Å². The number of pyridine rings is 1. The largest absolute Gasteiger partial charge is 0.457 e. The molecule has 0 saturated heterocycles. The number of hydrogen-bond acceptors (Lipinski definition) is 5. The molecule has 1 fully saturated rings. The van der Waals surface area contributed by atoms with Crippen molar-refractivity contribution in [3.05, 3.63) is 42.2 Å². The molecule has 1 amide bonds. The van der Waals surface area contributed by atoms with Crippen LogP contribution in [-0.4, -0.2) is 33.9 Å². The topological polar surface area (TPSA) is 91.9 Å². The number of fused-ring (bicyclic) bond motifs is 1. The van der Waals surface area contributed by atoms with Gasteiger partial charge in [0.1, 0.15) is 17.2 Å². The molecule has 1 aliphatic carbocycles. The number of aromatic nitrogens is 3. The van der Waals surface area contributed by atoms with E-state index in [1.54, 1.807) is 25.4 Å². The van der Waals surface area contributed by atoms with Gasteiger partial charge >= 0.3 is 0 Å². The summed E-state index contributed by atoms with van der Waals surface area (Å²) in [5.74, 6) is 2.48. The maximum atomic E-state index is 11.7. The van der Waals surface area contributed by atoms with Crippen molar-refractivity contribution in [3.8, 4) is 11.5 Å². The molecule has 0 radical (unpaired) electrons. The quantitative estimate of drug-likeness (QED) is 0.574. The fourth-order valence-electron chi connectivity index (χ4n) is 3.95. The number of imidazole rings is 1. The number of benzene rings is 1. The fourth-order valence-corrected chi connectivity index (χ4v) is 3.95. The van der Waals surface area contributed by atoms with E-state index in [9.17, 15) is 4.79 Å². The molecule has 1 aromatic carbocycles. The summed E-state index contributed by atoms with van der Waals surface area (Å²) in [6, 6.07) is 9.46. The standard InChI is InChI=1S/C22H27N5O2/c1-14(15-6-4-3-5-7-15)25-22-26-18-9-8-16(12-19(18)27-22)29-17-10-11-24-20(13-17)21(28)23-2/h8-15H,3-7H2,1-2H3,(H,23,28)(H2,25,26,27)/t14-/m1/s1. The van der Waals surface area contributed by atoms with Crippen molar-refractivity contribution < 1.29 is 9.53 Å². The number of aromatic amines is 1. The van der Waals surface area contributed by atoms with Crippen molar-refractivity contribution in [1.82, 2.24) is 20.3 Å². The fraction of sp³-hybridized carbons (Fsp3) is 0.409. The zero-order valence-corrected chi connectivity index (χ0v) is 16.9. The molecule has 1 aliphatic rings. The molecular weight excluding hydrogens is 366 g/mol. The summed E-state index contributed by atoms with van der Waals surface area (Å²) in [5, 5.41) is 6.10. The number of carbonyl (C=O) groups excluding carboxylic acids is 1. The van der Waals surface area contributed by atoms with Crippen LogP contribution in [0.3, 0.4) is 0 Å². The van der Waals surface area contributed by atoms with Crippen LogP contribution < -0.4 is 15.4 Å². The predicted octanol–water partition coefficient (Wildman–Crippen LogP) is 4.49. The van der Waals surface area contributed by atoms with Crippen LogP contribution in [0, 0.1) is 5.92 Å². The summed E-state index contributed by atoms with van der Waals surface area (Å²) < 4.78 is 5.92. The molecule has 0 spiro atoms. The van der Waals surface area contributed by atoms with Gasteiger partial charge in [-0.05, 0) is 43.9 Å². The summed E-state index contributed by atoms with van der Waals surface area (Å²) in [5.41, 5.74) is 2.11. The molecule has 1 atom stereocenters. The molecule has 7 heteroatoms. The number of hydrogen-bond donors (Lipinski definition) is 3. The summed E-state index contributed by atoms with van der Waals surface area (Å²) in [6.45, 7) is 2.24. The maximum absolute atomic E-state index is 11.7. The highest BCUT2D eigenvalue weighted by Crippen LogP contribution is 2.29. The molecule has 2 heterocycles. The van der Waals surface area contributed by atoms with Gasteiger partial charge in [-0.2, -0.15) is 0 Å². The predicted molar refractivity (Wildman–Crippen MR) is 113 cm³/mol. The average Bonchev–Trinajstić information content (AvgIpc) is 3.15. The van der Waals surface area contributed by atoms with Gasteiger partial charge in [-0.25, -0.2) is 4.98 Å². The number of nitrogens with zero attached hydrogens (tertiary/aromatic N) is 2. The van der Waals surface area contributed by atoms with Crippen LogP contribution in [-0.2, 0) is 0 Å². The van der Waals surface area contributed by atoms with Crippen LogP contribution in [0.1, 0.15) is 49.5 Å². The lowest BCUT2D eigenvalue weighted by molar-refractivity contribution is 0.0958. The van der Waals surface area contributed by atoms with Crippen LogP contribution >= 0.6 is 0 Å². The van der Waals surface area contributed by atoms with Gasteiger partial charge < -0.3 is 20.4 Å². The van der Waals surface area contributed by atoms with Gasteiger partial charge in [0.2, 0.25) is 5.95 Å². The van der Waals surface area contributed by atoms with E-state index in [1.807, 2.05) is 18.2 Å². The van der Waals surface area contributed by atoms with Gasteiger partial charge in [0.15, 0.2) is 0 Å². The van der Waals surface area contributed by atoms with E-state index < -0.39 is 0 Å². The Hall–Kier alpha value is -3.09. The zero-order valence-electron chi connectivity index (χ0n) is 16.9. The molecule has 1 saturated carbocycles.